The van der Waals surface area contributed by atoms with Crippen molar-refractivity contribution in [1.82, 2.24) is 5.32 Å². The van der Waals surface area contributed by atoms with E-state index in [1.165, 1.54) is 10.8 Å². The van der Waals surface area contributed by atoms with Crippen LogP contribution in [0, 0.1) is 5.92 Å². The van der Waals surface area contributed by atoms with E-state index in [-0.39, 0.29) is 11.8 Å². The highest BCUT2D eigenvalue weighted by molar-refractivity contribution is 5.86. The van der Waals surface area contributed by atoms with Crippen LogP contribution < -0.4 is 11.1 Å². The molecule has 19 heavy (non-hydrogen) atoms. The number of benzene rings is 2. The number of fused-ring (bicyclic) bond motifs is 1. The van der Waals surface area contributed by atoms with E-state index in [2.05, 4.69) is 23.5 Å². The van der Waals surface area contributed by atoms with Gasteiger partial charge in [-0.15, -0.1) is 0 Å². The van der Waals surface area contributed by atoms with Crippen molar-refractivity contribution < 1.29 is 4.79 Å². The lowest BCUT2D eigenvalue weighted by Crippen LogP contribution is -2.43. The monoisotopic (exact) mass is 256 g/mol. The molecule has 0 spiro atoms. The largest absolute Gasteiger partial charge is 0.351 e. The van der Waals surface area contributed by atoms with E-state index in [1.54, 1.807) is 0 Å². The SMILES string of the molecule is CC(C)[C@@H](N)C(=O)NCc1cccc2ccccc12. The van der Waals surface area contributed by atoms with E-state index in [1.807, 2.05) is 38.1 Å². The van der Waals surface area contributed by atoms with Crippen molar-refractivity contribution in [2.45, 2.75) is 26.4 Å². The van der Waals surface area contributed by atoms with Gasteiger partial charge >= 0.3 is 0 Å². The zero-order chi connectivity index (χ0) is 13.8. The third-order valence-electron chi connectivity index (χ3n) is 3.35. The first kappa shape index (κ1) is 13.6. The molecule has 2 aromatic carbocycles. The highest BCUT2D eigenvalue weighted by Gasteiger charge is 2.16. The zero-order valence-electron chi connectivity index (χ0n) is 11.4. The van der Waals surface area contributed by atoms with Crippen LogP contribution in [0.25, 0.3) is 10.8 Å². The van der Waals surface area contributed by atoms with Crippen molar-refractivity contribution in [2.75, 3.05) is 0 Å². The van der Waals surface area contributed by atoms with E-state index in [0.717, 1.165) is 5.56 Å². The van der Waals surface area contributed by atoms with E-state index >= 15 is 0 Å². The molecular formula is C16H20N2O. The van der Waals surface area contributed by atoms with E-state index < -0.39 is 6.04 Å². The standard InChI is InChI=1S/C16H20N2O/c1-11(2)15(17)16(19)18-10-13-8-5-7-12-6-3-4-9-14(12)13/h3-9,11,15H,10,17H2,1-2H3,(H,18,19)/t15-/m1/s1. The molecule has 1 atom stereocenters. The predicted molar refractivity (Wildman–Crippen MR) is 78.6 cm³/mol. The summed E-state index contributed by atoms with van der Waals surface area (Å²) in [6.45, 7) is 4.41. The molecule has 0 saturated carbocycles. The molecule has 3 nitrogen and oxygen atoms in total. The number of carbonyl (C=O) groups excluding carboxylic acids is 1. The second kappa shape index (κ2) is 5.85. The van der Waals surface area contributed by atoms with Crippen LogP contribution >= 0.6 is 0 Å². The number of rotatable bonds is 4. The van der Waals surface area contributed by atoms with Gasteiger partial charge in [0, 0.05) is 6.54 Å². The fourth-order valence-corrected chi connectivity index (χ4v) is 2.05. The third kappa shape index (κ3) is 3.12. The van der Waals surface area contributed by atoms with Crippen molar-refractivity contribution in [3.05, 3.63) is 48.0 Å². The first-order chi connectivity index (χ1) is 9.09. The molecule has 2 rings (SSSR count). The Morgan fingerprint density at radius 1 is 1.16 bits per heavy atom. The van der Waals surface area contributed by atoms with Gasteiger partial charge in [0.1, 0.15) is 0 Å². The number of hydrogen-bond donors (Lipinski definition) is 2. The molecule has 0 aliphatic heterocycles. The molecule has 3 heteroatoms. The number of amides is 1. The molecule has 0 aliphatic rings. The van der Waals surface area contributed by atoms with Gasteiger partial charge in [0.15, 0.2) is 0 Å². The van der Waals surface area contributed by atoms with E-state index in [9.17, 15) is 4.79 Å². The van der Waals surface area contributed by atoms with Crippen LogP contribution in [0.5, 0.6) is 0 Å². The molecule has 0 heterocycles. The van der Waals surface area contributed by atoms with Gasteiger partial charge in [-0.2, -0.15) is 0 Å². The smallest absolute Gasteiger partial charge is 0.237 e. The highest BCUT2D eigenvalue weighted by Crippen LogP contribution is 2.18. The lowest BCUT2D eigenvalue weighted by Gasteiger charge is -2.16. The van der Waals surface area contributed by atoms with E-state index in [4.69, 9.17) is 5.73 Å². The van der Waals surface area contributed by atoms with Gasteiger partial charge < -0.3 is 11.1 Å². The summed E-state index contributed by atoms with van der Waals surface area (Å²) in [4.78, 5) is 11.9. The molecule has 0 saturated heterocycles. The van der Waals surface area contributed by atoms with Crippen molar-refractivity contribution in [3.63, 3.8) is 0 Å². The average Bonchev–Trinajstić information content (AvgIpc) is 2.43. The molecule has 1 amide bonds. The van der Waals surface area contributed by atoms with Gasteiger partial charge in [-0.05, 0) is 22.3 Å². The number of nitrogens with two attached hydrogens (primary N) is 1. The summed E-state index contributed by atoms with van der Waals surface area (Å²) in [5.41, 5.74) is 6.94. The minimum atomic E-state index is -0.449. The fourth-order valence-electron chi connectivity index (χ4n) is 2.05. The summed E-state index contributed by atoms with van der Waals surface area (Å²) in [7, 11) is 0. The van der Waals surface area contributed by atoms with E-state index in [0.29, 0.717) is 6.54 Å². The summed E-state index contributed by atoms with van der Waals surface area (Å²) in [6, 6.07) is 13.8. The molecule has 100 valence electrons. The topological polar surface area (TPSA) is 55.1 Å². The van der Waals surface area contributed by atoms with Crippen LogP contribution in [0.2, 0.25) is 0 Å². The van der Waals surface area contributed by atoms with Crippen LogP contribution in [0.4, 0.5) is 0 Å². The lowest BCUT2D eigenvalue weighted by molar-refractivity contribution is -0.123. The van der Waals surface area contributed by atoms with Crippen molar-refractivity contribution >= 4 is 16.7 Å². The number of carbonyl (C=O) groups is 1. The average molecular weight is 256 g/mol. The first-order valence-corrected chi connectivity index (χ1v) is 6.59. The van der Waals surface area contributed by atoms with Crippen molar-refractivity contribution in [3.8, 4) is 0 Å². The Hall–Kier alpha value is -1.87. The van der Waals surface area contributed by atoms with Gasteiger partial charge in [0.05, 0.1) is 6.04 Å². The molecule has 0 aromatic heterocycles. The van der Waals surface area contributed by atoms with Crippen LogP contribution in [-0.4, -0.2) is 11.9 Å². The minimum Gasteiger partial charge on any atom is -0.351 e. The summed E-state index contributed by atoms with van der Waals surface area (Å²) in [5.74, 6) is 0.0513. The van der Waals surface area contributed by atoms with Crippen LogP contribution in [0.3, 0.4) is 0 Å². The van der Waals surface area contributed by atoms with Gasteiger partial charge in [0.2, 0.25) is 5.91 Å². The summed E-state index contributed by atoms with van der Waals surface area (Å²) < 4.78 is 0. The zero-order valence-corrected chi connectivity index (χ0v) is 11.4. The quantitative estimate of drug-likeness (QED) is 0.882. The normalized spacial score (nSPS) is 12.6. The Labute approximate surface area is 113 Å². The molecular weight excluding hydrogens is 236 g/mol. The maximum absolute atomic E-state index is 11.9. The highest BCUT2D eigenvalue weighted by atomic mass is 16.2. The molecule has 3 N–H and O–H groups in total. The van der Waals surface area contributed by atoms with Gasteiger partial charge in [-0.1, -0.05) is 56.3 Å². The number of nitrogens with one attached hydrogen (secondary N) is 1. The van der Waals surface area contributed by atoms with Gasteiger partial charge in [0.25, 0.3) is 0 Å². The Balaban J connectivity index is 2.12. The van der Waals surface area contributed by atoms with Crippen molar-refractivity contribution in [2.24, 2.45) is 11.7 Å². The summed E-state index contributed by atoms with van der Waals surface area (Å²) in [6.07, 6.45) is 0. The Morgan fingerprint density at radius 3 is 2.58 bits per heavy atom. The molecule has 0 bridgehead atoms. The van der Waals surface area contributed by atoms with Crippen molar-refractivity contribution in [1.29, 1.82) is 0 Å². The molecule has 0 fully saturated rings. The Kier molecular flexibility index (Phi) is 4.17. The lowest BCUT2D eigenvalue weighted by atomic mass is 10.0. The first-order valence-electron chi connectivity index (χ1n) is 6.59. The second-order valence-electron chi connectivity index (χ2n) is 5.13. The molecule has 0 unspecified atom stereocenters. The Bertz CT molecular complexity index is 572. The maximum atomic E-state index is 11.9. The number of hydrogen-bond acceptors (Lipinski definition) is 2. The summed E-state index contributed by atoms with van der Waals surface area (Å²) in [5, 5.41) is 5.26. The van der Waals surface area contributed by atoms with Crippen LogP contribution in [-0.2, 0) is 11.3 Å². The summed E-state index contributed by atoms with van der Waals surface area (Å²) >= 11 is 0. The van der Waals surface area contributed by atoms with Gasteiger partial charge in [-0.25, -0.2) is 0 Å². The fraction of sp³-hybridized carbons (Fsp3) is 0.312. The molecule has 0 aliphatic carbocycles. The van der Waals surface area contributed by atoms with Crippen LogP contribution in [0.15, 0.2) is 42.5 Å². The third-order valence-corrected chi connectivity index (χ3v) is 3.35. The van der Waals surface area contributed by atoms with Gasteiger partial charge in [-0.3, -0.25) is 4.79 Å². The second-order valence-corrected chi connectivity index (χ2v) is 5.13. The predicted octanol–water partition coefficient (Wildman–Crippen LogP) is 2.44. The minimum absolute atomic E-state index is 0.0945. The van der Waals surface area contributed by atoms with Crippen LogP contribution in [0.1, 0.15) is 19.4 Å². The molecule has 0 radical (unpaired) electrons. The molecule has 2 aromatic rings. The Morgan fingerprint density at radius 2 is 1.84 bits per heavy atom. The maximum Gasteiger partial charge on any atom is 0.237 e.